The number of carbonyl (C=O) groups excluding carboxylic acids is 1. The highest BCUT2D eigenvalue weighted by Crippen LogP contribution is 2.34. The van der Waals surface area contributed by atoms with E-state index in [2.05, 4.69) is 5.32 Å². The van der Waals surface area contributed by atoms with Crippen molar-refractivity contribution in [3.8, 4) is 0 Å². The highest BCUT2D eigenvalue weighted by atomic mass is 35.7. The number of hydrogen-bond donors (Lipinski definition) is 1. The lowest BCUT2D eigenvalue weighted by atomic mass is 10.2. The van der Waals surface area contributed by atoms with E-state index in [0.29, 0.717) is 0 Å². The molecular formula is C11H11ClFNO3S. The summed E-state index contributed by atoms with van der Waals surface area (Å²) < 4.78 is 35.5. The molecule has 1 amide bonds. The summed E-state index contributed by atoms with van der Waals surface area (Å²) in [5, 5.41) is 2.71. The summed E-state index contributed by atoms with van der Waals surface area (Å²) >= 11 is 0. The lowest BCUT2D eigenvalue weighted by Crippen LogP contribution is -2.34. The lowest BCUT2D eigenvalue weighted by Gasteiger charge is -2.11. The van der Waals surface area contributed by atoms with Crippen LogP contribution in [0, 0.1) is 5.82 Å². The molecule has 1 aromatic rings. The summed E-state index contributed by atoms with van der Waals surface area (Å²) in [6, 6.07) is 2.82. The molecular weight excluding hydrogens is 281 g/mol. The third kappa shape index (κ3) is 3.00. The molecule has 0 bridgehead atoms. The average molecular weight is 292 g/mol. The molecule has 1 aromatic carbocycles. The number of nitrogens with one attached hydrogen (secondary N) is 1. The van der Waals surface area contributed by atoms with Crippen LogP contribution in [0.3, 0.4) is 0 Å². The first-order valence-corrected chi connectivity index (χ1v) is 7.58. The zero-order valence-corrected chi connectivity index (χ0v) is 11.1. The lowest BCUT2D eigenvalue weighted by molar-refractivity contribution is 0.0934. The fraction of sp³-hybridized carbons (Fsp3) is 0.364. The Hall–Kier alpha value is -1.14. The van der Waals surface area contributed by atoms with Gasteiger partial charge in [-0.1, -0.05) is 0 Å². The average Bonchev–Trinajstić information content (AvgIpc) is 2.93. The second-order valence-corrected chi connectivity index (χ2v) is 7.19. The van der Waals surface area contributed by atoms with Gasteiger partial charge in [0.2, 0.25) is 0 Å². The largest absolute Gasteiger partial charge is 0.347 e. The Morgan fingerprint density at radius 1 is 1.39 bits per heavy atom. The van der Waals surface area contributed by atoms with Crippen molar-refractivity contribution in [2.45, 2.75) is 30.2 Å². The summed E-state index contributed by atoms with van der Waals surface area (Å²) in [6.45, 7) is 1.86. The van der Waals surface area contributed by atoms with Crippen molar-refractivity contribution in [2.75, 3.05) is 0 Å². The molecule has 0 radical (unpaired) electrons. The van der Waals surface area contributed by atoms with Gasteiger partial charge in [0.1, 0.15) is 5.82 Å². The minimum atomic E-state index is -4.06. The van der Waals surface area contributed by atoms with Crippen LogP contribution in [0.5, 0.6) is 0 Å². The van der Waals surface area contributed by atoms with Crippen molar-refractivity contribution in [3.05, 3.63) is 29.6 Å². The molecule has 1 aliphatic rings. The van der Waals surface area contributed by atoms with Gasteiger partial charge in [-0.15, -0.1) is 0 Å². The molecule has 7 heteroatoms. The summed E-state index contributed by atoms with van der Waals surface area (Å²) in [5.74, 6) is -1.32. The Kier molecular flexibility index (Phi) is 3.11. The van der Waals surface area contributed by atoms with E-state index in [1.165, 1.54) is 0 Å². The second-order valence-electron chi connectivity index (χ2n) is 4.63. The van der Waals surface area contributed by atoms with Gasteiger partial charge in [-0.3, -0.25) is 4.79 Å². The van der Waals surface area contributed by atoms with Gasteiger partial charge in [0.15, 0.2) is 0 Å². The number of benzene rings is 1. The van der Waals surface area contributed by atoms with E-state index >= 15 is 0 Å². The molecule has 0 aliphatic heterocycles. The van der Waals surface area contributed by atoms with Crippen molar-refractivity contribution in [1.29, 1.82) is 0 Å². The predicted molar refractivity (Wildman–Crippen MR) is 64.5 cm³/mol. The van der Waals surface area contributed by atoms with Crippen LogP contribution in [0.4, 0.5) is 4.39 Å². The first kappa shape index (κ1) is 13.3. The standard InChI is InChI=1S/C11H11ClFNO3S/c1-11(2-3-11)14-10(15)7-4-8(13)6-9(5-7)18(12,16)17/h4-6H,2-3H2,1H3,(H,14,15). The smallest absolute Gasteiger partial charge is 0.261 e. The highest BCUT2D eigenvalue weighted by molar-refractivity contribution is 8.13. The van der Waals surface area contributed by atoms with E-state index in [1.807, 2.05) is 6.92 Å². The van der Waals surface area contributed by atoms with Gasteiger partial charge in [-0.05, 0) is 38.0 Å². The van der Waals surface area contributed by atoms with E-state index in [1.54, 1.807) is 0 Å². The van der Waals surface area contributed by atoms with Gasteiger partial charge in [-0.25, -0.2) is 12.8 Å². The normalized spacial score (nSPS) is 17.3. The maximum Gasteiger partial charge on any atom is 0.261 e. The maximum atomic E-state index is 13.3. The molecule has 0 atom stereocenters. The van der Waals surface area contributed by atoms with E-state index in [0.717, 1.165) is 31.0 Å². The molecule has 2 rings (SSSR count). The first-order chi connectivity index (χ1) is 8.20. The first-order valence-electron chi connectivity index (χ1n) is 5.27. The van der Waals surface area contributed by atoms with Crippen LogP contribution in [0.1, 0.15) is 30.1 Å². The maximum absolute atomic E-state index is 13.3. The SMILES string of the molecule is CC1(NC(=O)c2cc(F)cc(S(=O)(=O)Cl)c2)CC1. The number of amides is 1. The molecule has 0 heterocycles. The molecule has 0 saturated heterocycles. The van der Waals surface area contributed by atoms with Crippen LogP contribution in [0.2, 0.25) is 0 Å². The van der Waals surface area contributed by atoms with Crippen LogP contribution in [0.15, 0.2) is 23.1 Å². The Balaban J connectivity index is 2.33. The molecule has 0 spiro atoms. The van der Waals surface area contributed by atoms with Gasteiger partial charge >= 0.3 is 0 Å². The molecule has 18 heavy (non-hydrogen) atoms. The molecule has 1 fully saturated rings. The zero-order valence-electron chi connectivity index (χ0n) is 9.54. The highest BCUT2D eigenvalue weighted by Gasteiger charge is 2.38. The Labute approximate surface area is 109 Å². The third-order valence-corrected chi connectivity index (χ3v) is 4.16. The van der Waals surface area contributed by atoms with E-state index in [-0.39, 0.29) is 11.1 Å². The molecule has 0 aromatic heterocycles. The monoisotopic (exact) mass is 291 g/mol. The van der Waals surface area contributed by atoms with Crippen LogP contribution in [0.25, 0.3) is 0 Å². The Morgan fingerprint density at radius 2 is 2.00 bits per heavy atom. The van der Waals surface area contributed by atoms with Crippen molar-refractivity contribution >= 4 is 25.6 Å². The molecule has 0 unspecified atom stereocenters. The fourth-order valence-corrected chi connectivity index (χ4v) is 2.28. The fourth-order valence-electron chi connectivity index (χ4n) is 1.49. The topological polar surface area (TPSA) is 63.2 Å². The van der Waals surface area contributed by atoms with E-state index in [4.69, 9.17) is 10.7 Å². The minimum Gasteiger partial charge on any atom is -0.347 e. The van der Waals surface area contributed by atoms with Crippen molar-refractivity contribution in [3.63, 3.8) is 0 Å². The number of rotatable bonds is 3. The van der Waals surface area contributed by atoms with Crippen LogP contribution < -0.4 is 5.32 Å². The summed E-state index contributed by atoms with van der Waals surface area (Å²) in [5.41, 5.74) is -0.314. The van der Waals surface area contributed by atoms with Gasteiger partial charge in [0, 0.05) is 21.8 Å². The summed E-state index contributed by atoms with van der Waals surface area (Å²) in [6.07, 6.45) is 1.71. The molecule has 1 saturated carbocycles. The Morgan fingerprint density at radius 3 is 2.50 bits per heavy atom. The van der Waals surface area contributed by atoms with Gasteiger partial charge in [0.05, 0.1) is 4.90 Å². The zero-order chi connectivity index (χ0) is 13.6. The van der Waals surface area contributed by atoms with Gasteiger partial charge in [-0.2, -0.15) is 0 Å². The quantitative estimate of drug-likeness (QED) is 0.867. The summed E-state index contributed by atoms with van der Waals surface area (Å²) in [4.78, 5) is 11.4. The summed E-state index contributed by atoms with van der Waals surface area (Å²) in [7, 11) is 1.07. The third-order valence-electron chi connectivity index (χ3n) is 2.83. The molecule has 1 aliphatic carbocycles. The van der Waals surface area contributed by atoms with E-state index < -0.39 is 25.7 Å². The van der Waals surface area contributed by atoms with E-state index in [9.17, 15) is 17.6 Å². The number of halogens is 2. The van der Waals surface area contributed by atoms with Crippen molar-refractivity contribution < 1.29 is 17.6 Å². The van der Waals surface area contributed by atoms with Crippen LogP contribution in [-0.2, 0) is 9.05 Å². The van der Waals surface area contributed by atoms with Crippen molar-refractivity contribution in [2.24, 2.45) is 0 Å². The Bertz CT molecular complexity index is 611. The second kappa shape index (κ2) is 4.20. The minimum absolute atomic E-state index is 0.0534. The van der Waals surface area contributed by atoms with Gasteiger partial charge < -0.3 is 5.32 Å². The van der Waals surface area contributed by atoms with Crippen LogP contribution >= 0.6 is 10.7 Å². The van der Waals surface area contributed by atoms with Crippen LogP contribution in [-0.4, -0.2) is 19.9 Å². The number of carbonyl (C=O) groups is 1. The molecule has 98 valence electrons. The number of hydrogen-bond acceptors (Lipinski definition) is 3. The van der Waals surface area contributed by atoms with Crippen molar-refractivity contribution in [1.82, 2.24) is 5.32 Å². The van der Waals surface area contributed by atoms with Gasteiger partial charge in [0.25, 0.3) is 15.0 Å². The predicted octanol–water partition coefficient (Wildman–Crippen LogP) is 2.04. The molecule has 4 nitrogen and oxygen atoms in total. The molecule has 1 N–H and O–H groups in total.